The van der Waals surface area contributed by atoms with Crippen molar-refractivity contribution in [1.82, 2.24) is 14.8 Å². The van der Waals surface area contributed by atoms with Gasteiger partial charge >= 0.3 is 0 Å². The van der Waals surface area contributed by atoms with Gasteiger partial charge in [-0.1, -0.05) is 47.6 Å². The number of carbonyl (C=O) groups is 2. The molecule has 0 aliphatic rings. The van der Waals surface area contributed by atoms with E-state index < -0.39 is 0 Å². The zero-order chi connectivity index (χ0) is 21.5. The summed E-state index contributed by atoms with van der Waals surface area (Å²) in [4.78, 5) is 24.4. The van der Waals surface area contributed by atoms with Crippen LogP contribution < -0.4 is 10.6 Å². The molecule has 0 bridgehead atoms. The molecule has 0 saturated carbocycles. The molecule has 2 amide bonds. The average molecular weight is 444 g/mol. The molecular weight excluding hydrogens is 422 g/mol. The first-order chi connectivity index (χ1) is 14.4. The minimum Gasteiger partial charge on any atom is -0.326 e. The van der Waals surface area contributed by atoms with E-state index in [4.69, 9.17) is 11.6 Å². The summed E-state index contributed by atoms with van der Waals surface area (Å²) in [5.41, 5.74) is 2.28. The van der Waals surface area contributed by atoms with Crippen molar-refractivity contribution in [3.8, 4) is 0 Å². The molecule has 30 heavy (non-hydrogen) atoms. The molecule has 1 heterocycles. The number of para-hydroxylation sites is 1. The van der Waals surface area contributed by atoms with Crippen molar-refractivity contribution in [3.05, 3.63) is 64.9 Å². The van der Waals surface area contributed by atoms with Gasteiger partial charge in [0.1, 0.15) is 5.82 Å². The fraction of sp³-hybridized carbons (Fsp3) is 0.238. The Balaban J connectivity index is 1.49. The summed E-state index contributed by atoms with van der Waals surface area (Å²) in [6.45, 7) is 1.86. The van der Waals surface area contributed by atoms with Crippen LogP contribution in [0.1, 0.15) is 17.8 Å². The Morgan fingerprint density at radius 3 is 2.57 bits per heavy atom. The monoisotopic (exact) mass is 443 g/mol. The lowest BCUT2D eigenvalue weighted by atomic mass is 10.2. The summed E-state index contributed by atoms with van der Waals surface area (Å²) >= 11 is 7.37. The zero-order valence-electron chi connectivity index (χ0n) is 16.7. The highest BCUT2D eigenvalue weighted by molar-refractivity contribution is 7.99. The fourth-order valence-electron chi connectivity index (χ4n) is 2.72. The number of rotatable bonds is 8. The predicted molar refractivity (Wildman–Crippen MR) is 120 cm³/mol. The number of anilines is 2. The van der Waals surface area contributed by atoms with E-state index in [-0.39, 0.29) is 17.6 Å². The molecule has 2 aromatic carbocycles. The molecule has 0 fully saturated rings. The Bertz CT molecular complexity index is 1040. The van der Waals surface area contributed by atoms with Crippen LogP contribution >= 0.6 is 23.4 Å². The van der Waals surface area contributed by atoms with Gasteiger partial charge in [0.15, 0.2) is 5.16 Å². The van der Waals surface area contributed by atoms with Crippen LogP contribution in [-0.2, 0) is 23.1 Å². The Hall–Kier alpha value is -2.84. The molecule has 2 N–H and O–H groups in total. The largest absolute Gasteiger partial charge is 0.326 e. The van der Waals surface area contributed by atoms with Crippen LogP contribution in [0.15, 0.2) is 53.7 Å². The molecule has 3 aromatic rings. The first-order valence-corrected chi connectivity index (χ1v) is 10.7. The van der Waals surface area contributed by atoms with Crippen molar-refractivity contribution in [2.45, 2.75) is 24.9 Å². The number of hydrogen-bond acceptors (Lipinski definition) is 5. The molecule has 0 aliphatic heterocycles. The van der Waals surface area contributed by atoms with Crippen LogP contribution in [0.3, 0.4) is 0 Å². The minimum atomic E-state index is -0.155. The summed E-state index contributed by atoms with van der Waals surface area (Å²) in [5, 5.41) is 15.2. The van der Waals surface area contributed by atoms with Crippen molar-refractivity contribution in [2.75, 3.05) is 16.4 Å². The summed E-state index contributed by atoms with van der Waals surface area (Å²) in [5.74, 6) is 0.630. The highest BCUT2D eigenvalue weighted by atomic mass is 35.5. The van der Waals surface area contributed by atoms with E-state index in [0.717, 1.165) is 11.3 Å². The maximum Gasteiger partial charge on any atom is 0.234 e. The van der Waals surface area contributed by atoms with Crippen molar-refractivity contribution in [2.24, 2.45) is 7.05 Å². The maximum atomic E-state index is 12.3. The van der Waals surface area contributed by atoms with Gasteiger partial charge in [-0.25, -0.2) is 0 Å². The highest BCUT2D eigenvalue weighted by Gasteiger charge is 2.14. The highest BCUT2D eigenvalue weighted by Crippen LogP contribution is 2.23. The van der Waals surface area contributed by atoms with Gasteiger partial charge in [0.25, 0.3) is 0 Å². The van der Waals surface area contributed by atoms with E-state index in [1.807, 2.05) is 50.4 Å². The number of carbonyl (C=O) groups excluding carboxylic acids is 2. The van der Waals surface area contributed by atoms with E-state index in [0.29, 0.717) is 34.5 Å². The maximum absolute atomic E-state index is 12.3. The Morgan fingerprint density at radius 1 is 1.03 bits per heavy atom. The van der Waals surface area contributed by atoms with Crippen LogP contribution in [0.5, 0.6) is 0 Å². The molecule has 0 radical (unpaired) electrons. The normalized spacial score (nSPS) is 10.6. The Labute approximate surface area is 184 Å². The van der Waals surface area contributed by atoms with Crippen molar-refractivity contribution < 1.29 is 9.59 Å². The molecule has 9 heteroatoms. The van der Waals surface area contributed by atoms with Gasteiger partial charge < -0.3 is 15.2 Å². The van der Waals surface area contributed by atoms with Crippen LogP contribution in [-0.4, -0.2) is 32.3 Å². The van der Waals surface area contributed by atoms with Crippen LogP contribution in [0.25, 0.3) is 0 Å². The van der Waals surface area contributed by atoms with Crippen LogP contribution in [0.4, 0.5) is 11.4 Å². The van der Waals surface area contributed by atoms with Gasteiger partial charge in [0, 0.05) is 36.3 Å². The number of nitrogens with one attached hydrogen (secondary N) is 2. The molecule has 0 unspecified atom stereocenters. The molecule has 0 saturated heterocycles. The van der Waals surface area contributed by atoms with E-state index >= 15 is 0 Å². The second-order valence-electron chi connectivity index (χ2n) is 6.62. The average Bonchev–Trinajstić information content (AvgIpc) is 3.08. The summed E-state index contributed by atoms with van der Waals surface area (Å²) in [7, 11) is 1.83. The number of halogens is 1. The lowest BCUT2D eigenvalue weighted by molar-refractivity contribution is -0.116. The zero-order valence-corrected chi connectivity index (χ0v) is 18.3. The molecule has 7 nitrogen and oxygen atoms in total. The predicted octanol–water partition coefficient (Wildman–Crippen LogP) is 4.08. The van der Waals surface area contributed by atoms with Crippen molar-refractivity contribution >= 4 is 46.6 Å². The van der Waals surface area contributed by atoms with Crippen molar-refractivity contribution in [3.63, 3.8) is 0 Å². The van der Waals surface area contributed by atoms with E-state index in [9.17, 15) is 9.59 Å². The topological polar surface area (TPSA) is 88.9 Å². The number of benzene rings is 2. The fourth-order valence-corrected chi connectivity index (χ4v) is 3.62. The van der Waals surface area contributed by atoms with Crippen molar-refractivity contribution in [1.29, 1.82) is 0 Å². The molecular formula is C21H22ClN5O2S. The molecule has 3 rings (SSSR count). The quantitative estimate of drug-likeness (QED) is 0.512. The van der Waals surface area contributed by atoms with Crippen LogP contribution in [0, 0.1) is 6.92 Å². The molecule has 156 valence electrons. The standard InChI is InChI=1S/C21H22ClN5O2S/c1-14-16(22)9-6-10-17(14)24-20(29)13-30-21-26-25-18(27(21)2)11-12-19(28)23-15-7-4-3-5-8-15/h3-10H,11-13H2,1-2H3,(H,23,28)(H,24,29). The number of nitrogens with zero attached hydrogens (tertiary/aromatic N) is 3. The Kier molecular flexibility index (Phi) is 7.48. The SMILES string of the molecule is Cc1c(Cl)cccc1NC(=O)CSc1nnc(CCC(=O)Nc2ccccc2)n1C. The number of hydrogen-bond donors (Lipinski definition) is 2. The van der Waals surface area contributed by atoms with E-state index in [1.165, 1.54) is 11.8 Å². The van der Waals surface area contributed by atoms with Crippen LogP contribution in [0.2, 0.25) is 5.02 Å². The summed E-state index contributed by atoms with van der Waals surface area (Å²) in [6, 6.07) is 14.7. The lowest BCUT2D eigenvalue weighted by Crippen LogP contribution is -2.15. The van der Waals surface area contributed by atoms with Gasteiger partial charge in [-0.3, -0.25) is 9.59 Å². The minimum absolute atomic E-state index is 0.0883. The summed E-state index contributed by atoms with van der Waals surface area (Å²) < 4.78 is 1.80. The number of aryl methyl sites for hydroxylation is 1. The third-order valence-electron chi connectivity index (χ3n) is 4.43. The third-order valence-corrected chi connectivity index (χ3v) is 5.86. The number of thioether (sulfide) groups is 1. The second kappa shape index (κ2) is 10.3. The van der Waals surface area contributed by atoms with E-state index in [2.05, 4.69) is 20.8 Å². The molecule has 0 atom stereocenters. The smallest absolute Gasteiger partial charge is 0.234 e. The number of amides is 2. The molecule has 0 spiro atoms. The Morgan fingerprint density at radius 2 is 1.80 bits per heavy atom. The lowest BCUT2D eigenvalue weighted by Gasteiger charge is -2.09. The molecule has 0 aliphatic carbocycles. The first kappa shape index (κ1) is 21.9. The van der Waals surface area contributed by atoms with Gasteiger partial charge in [-0.15, -0.1) is 10.2 Å². The second-order valence-corrected chi connectivity index (χ2v) is 7.97. The van der Waals surface area contributed by atoms with Gasteiger partial charge in [0.05, 0.1) is 5.75 Å². The third kappa shape index (κ3) is 5.84. The van der Waals surface area contributed by atoms with Gasteiger partial charge in [-0.05, 0) is 36.8 Å². The summed E-state index contributed by atoms with van der Waals surface area (Å²) in [6.07, 6.45) is 0.747. The molecule has 1 aromatic heterocycles. The first-order valence-electron chi connectivity index (χ1n) is 9.35. The number of aromatic nitrogens is 3. The van der Waals surface area contributed by atoms with Gasteiger partial charge in [-0.2, -0.15) is 0 Å². The van der Waals surface area contributed by atoms with Gasteiger partial charge in [0.2, 0.25) is 11.8 Å². The van der Waals surface area contributed by atoms with E-state index in [1.54, 1.807) is 16.7 Å².